The lowest BCUT2D eigenvalue weighted by atomic mass is 9.99. The Labute approximate surface area is 89.4 Å². The van der Waals surface area contributed by atoms with Gasteiger partial charge >= 0.3 is 0 Å². The molecule has 3 heteroatoms. The number of furan rings is 1. The Kier molecular flexibility index (Phi) is 2.58. The van der Waals surface area contributed by atoms with Crippen LogP contribution in [0.1, 0.15) is 44.3 Å². The second-order valence-electron chi connectivity index (χ2n) is 4.44. The van der Waals surface area contributed by atoms with Gasteiger partial charge in [0.15, 0.2) is 5.22 Å². The van der Waals surface area contributed by atoms with Crippen molar-refractivity contribution >= 4 is 11.6 Å². The summed E-state index contributed by atoms with van der Waals surface area (Å²) in [4.78, 5) is 0. The summed E-state index contributed by atoms with van der Waals surface area (Å²) in [7, 11) is 0. The van der Waals surface area contributed by atoms with Crippen molar-refractivity contribution in [1.82, 2.24) is 0 Å². The molecule has 1 unspecified atom stereocenters. The van der Waals surface area contributed by atoms with Gasteiger partial charge in [0.2, 0.25) is 0 Å². The predicted molar refractivity (Wildman–Crippen MR) is 57.5 cm³/mol. The van der Waals surface area contributed by atoms with E-state index in [1.165, 1.54) is 12.8 Å². The fourth-order valence-electron chi connectivity index (χ4n) is 1.65. The van der Waals surface area contributed by atoms with Crippen LogP contribution in [0, 0.1) is 0 Å². The molecule has 2 rings (SSSR count). The summed E-state index contributed by atoms with van der Waals surface area (Å²) in [5.41, 5.74) is 6.16. The van der Waals surface area contributed by atoms with E-state index in [2.05, 4.69) is 6.92 Å². The SMILES string of the molecule is CC(CCC1(N)CC1)c1ccc(Cl)o1. The number of rotatable bonds is 4. The fraction of sp³-hybridized carbons (Fsp3) is 0.636. The molecule has 14 heavy (non-hydrogen) atoms. The Bertz CT molecular complexity index is 317. The Hall–Kier alpha value is -0.470. The largest absolute Gasteiger partial charge is 0.449 e. The summed E-state index contributed by atoms with van der Waals surface area (Å²) in [5.74, 6) is 1.39. The van der Waals surface area contributed by atoms with E-state index in [-0.39, 0.29) is 5.54 Å². The van der Waals surface area contributed by atoms with E-state index < -0.39 is 0 Å². The van der Waals surface area contributed by atoms with Crippen molar-refractivity contribution in [2.75, 3.05) is 0 Å². The van der Waals surface area contributed by atoms with Crippen LogP contribution < -0.4 is 5.73 Å². The molecule has 1 saturated carbocycles. The average molecular weight is 214 g/mol. The van der Waals surface area contributed by atoms with Gasteiger partial charge in [-0.2, -0.15) is 0 Å². The van der Waals surface area contributed by atoms with Gasteiger partial charge in [-0.15, -0.1) is 0 Å². The van der Waals surface area contributed by atoms with Crippen molar-refractivity contribution in [2.24, 2.45) is 5.73 Å². The minimum absolute atomic E-state index is 0.143. The van der Waals surface area contributed by atoms with Crippen LogP contribution in [0.3, 0.4) is 0 Å². The highest BCUT2D eigenvalue weighted by molar-refractivity contribution is 6.28. The van der Waals surface area contributed by atoms with Crippen LogP contribution >= 0.6 is 11.6 Å². The lowest BCUT2D eigenvalue weighted by molar-refractivity contribution is 0.439. The summed E-state index contributed by atoms with van der Waals surface area (Å²) in [5, 5.41) is 0.473. The molecule has 2 nitrogen and oxygen atoms in total. The number of halogens is 1. The molecule has 0 amide bonds. The number of nitrogens with two attached hydrogens (primary N) is 1. The third kappa shape index (κ3) is 2.31. The van der Waals surface area contributed by atoms with E-state index in [1.54, 1.807) is 6.07 Å². The minimum atomic E-state index is 0.143. The molecule has 0 aliphatic heterocycles. The van der Waals surface area contributed by atoms with Crippen molar-refractivity contribution in [1.29, 1.82) is 0 Å². The van der Waals surface area contributed by atoms with Gasteiger partial charge < -0.3 is 10.2 Å². The zero-order chi connectivity index (χ0) is 10.2. The summed E-state index contributed by atoms with van der Waals surface area (Å²) in [6.45, 7) is 2.15. The Morgan fingerprint density at radius 3 is 2.79 bits per heavy atom. The average Bonchev–Trinajstić information content (AvgIpc) is 2.71. The Morgan fingerprint density at radius 2 is 2.29 bits per heavy atom. The summed E-state index contributed by atoms with van der Waals surface area (Å²) < 4.78 is 5.36. The monoisotopic (exact) mass is 213 g/mol. The van der Waals surface area contributed by atoms with E-state index in [0.717, 1.165) is 18.6 Å². The van der Waals surface area contributed by atoms with Crippen LogP contribution in [0.4, 0.5) is 0 Å². The minimum Gasteiger partial charge on any atom is -0.449 e. The molecule has 0 bridgehead atoms. The molecule has 1 atom stereocenters. The quantitative estimate of drug-likeness (QED) is 0.834. The van der Waals surface area contributed by atoms with Gasteiger partial charge in [-0.25, -0.2) is 0 Å². The molecule has 1 aromatic rings. The van der Waals surface area contributed by atoms with E-state index in [1.807, 2.05) is 6.07 Å². The topological polar surface area (TPSA) is 39.2 Å². The van der Waals surface area contributed by atoms with Crippen molar-refractivity contribution in [3.63, 3.8) is 0 Å². The summed E-state index contributed by atoms with van der Waals surface area (Å²) >= 11 is 5.72. The molecule has 0 spiro atoms. The normalized spacial score (nSPS) is 20.8. The lowest BCUT2D eigenvalue weighted by Crippen LogP contribution is -2.21. The zero-order valence-corrected chi connectivity index (χ0v) is 9.18. The number of hydrogen-bond donors (Lipinski definition) is 1. The van der Waals surface area contributed by atoms with Crippen molar-refractivity contribution < 1.29 is 4.42 Å². The molecule has 0 radical (unpaired) electrons. The first-order valence-electron chi connectivity index (χ1n) is 5.13. The van der Waals surface area contributed by atoms with Gasteiger partial charge in [-0.05, 0) is 49.4 Å². The van der Waals surface area contributed by atoms with Crippen molar-refractivity contribution in [3.05, 3.63) is 23.1 Å². The van der Waals surface area contributed by atoms with Gasteiger partial charge in [0.1, 0.15) is 5.76 Å². The molecule has 1 fully saturated rings. The maximum absolute atomic E-state index is 6.02. The van der Waals surface area contributed by atoms with Crippen LogP contribution in [0.2, 0.25) is 5.22 Å². The third-order valence-corrected chi connectivity index (χ3v) is 3.25. The first kappa shape index (κ1) is 10.1. The molecule has 0 aromatic carbocycles. The van der Waals surface area contributed by atoms with Crippen LogP contribution in [0.25, 0.3) is 0 Å². The van der Waals surface area contributed by atoms with E-state index in [4.69, 9.17) is 21.8 Å². The molecule has 1 aromatic heterocycles. The third-order valence-electron chi connectivity index (χ3n) is 3.05. The molecular weight excluding hydrogens is 198 g/mol. The lowest BCUT2D eigenvalue weighted by Gasteiger charge is -2.12. The molecule has 1 aliphatic carbocycles. The van der Waals surface area contributed by atoms with Crippen molar-refractivity contribution in [3.8, 4) is 0 Å². The Morgan fingerprint density at radius 1 is 1.57 bits per heavy atom. The summed E-state index contributed by atoms with van der Waals surface area (Å²) in [6.07, 6.45) is 4.53. The first-order valence-corrected chi connectivity index (χ1v) is 5.51. The molecule has 1 heterocycles. The second kappa shape index (κ2) is 3.59. The molecule has 1 aliphatic rings. The predicted octanol–water partition coefficient (Wildman–Crippen LogP) is 3.31. The van der Waals surface area contributed by atoms with E-state index in [0.29, 0.717) is 11.1 Å². The van der Waals surface area contributed by atoms with Gasteiger partial charge in [0.25, 0.3) is 0 Å². The smallest absolute Gasteiger partial charge is 0.193 e. The Balaban J connectivity index is 1.86. The first-order chi connectivity index (χ1) is 6.59. The standard InChI is InChI=1S/C11H16ClNO/c1-8(4-5-11(13)6-7-11)9-2-3-10(12)14-9/h2-3,8H,4-7,13H2,1H3. The maximum Gasteiger partial charge on any atom is 0.193 e. The zero-order valence-electron chi connectivity index (χ0n) is 8.42. The molecule has 78 valence electrons. The molecule has 2 N–H and O–H groups in total. The fourth-order valence-corrected chi connectivity index (χ4v) is 1.80. The highest BCUT2D eigenvalue weighted by Crippen LogP contribution is 2.39. The summed E-state index contributed by atoms with van der Waals surface area (Å²) in [6, 6.07) is 3.74. The van der Waals surface area contributed by atoms with Crippen molar-refractivity contribution in [2.45, 2.75) is 44.1 Å². The highest BCUT2D eigenvalue weighted by Gasteiger charge is 2.37. The van der Waals surface area contributed by atoms with Crippen LogP contribution in [0.15, 0.2) is 16.5 Å². The van der Waals surface area contributed by atoms with Crippen LogP contribution in [-0.4, -0.2) is 5.54 Å². The van der Waals surface area contributed by atoms with E-state index in [9.17, 15) is 0 Å². The van der Waals surface area contributed by atoms with Gasteiger partial charge in [0.05, 0.1) is 0 Å². The van der Waals surface area contributed by atoms with Crippen LogP contribution in [-0.2, 0) is 0 Å². The highest BCUT2D eigenvalue weighted by atomic mass is 35.5. The number of hydrogen-bond acceptors (Lipinski definition) is 2. The van der Waals surface area contributed by atoms with Gasteiger partial charge in [0, 0.05) is 11.5 Å². The molecular formula is C11H16ClNO. The maximum atomic E-state index is 6.02. The molecule has 0 saturated heterocycles. The second-order valence-corrected chi connectivity index (χ2v) is 4.82. The van der Waals surface area contributed by atoms with Gasteiger partial charge in [-0.3, -0.25) is 0 Å². The van der Waals surface area contributed by atoms with E-state index >= 15 is 0 Å². The van der Waals surface area contributed by atoms with Gasteiger partial charge in [-0.1, -0.05) is 6.92 Å². The van der Waals surface area contributed by atoms with Crippen LogP contribution in [0.5, 0.6) is 0 Å².